The number of carbonyl (C=O) groups excluding carboxylic acids is 1. The van der Waals surface area contributed by atoms with Crippen LogP contribution in [0.2, 0.25) is 0 Å². The number of carbonyl (C=O) groups is 1. The fourth-order valence-electron chi connectivity index (χ4n) is 1.88. The van der Waals surface area contributed by atoms with Crippen LogP contribution in [-0.2, 0) is 0 Å². The van der Waals surface area contributed by atoms with E-state index in [1.54, 1.807) is 4.90 Å². The van der Waals surface area contributed by atoms with Crippen molar-refractivity contribution in [1.29, 1.82) is 0 Å². The highest BCUT2D eigenvalue weighted by Gasteiger charge is 2.32. The van der Waals surface area contributed by atoms with Gasteiger partial charge in [0.25, 0.3) is 5.91 Å². The van der Waals surface area contributed by atoms with Gasteiger partial charge in [-0.25, -0.2) is 0 Å². The molecule has 0 saturated carbocycles. The number of nitrogens with two attached hydrogens (primary N) is 1. The number of rotatable bonds is 2. The van der Waals surface area contributed by atoms with E-state index in [2.05, 4.69) is 15.9 Å². The van der Waals surface area contributed by atoms with Gasteiger partial charge in [-0.15, -0.1) is 11.3 Å². The quantitative estimate of drug-likeness (QED) is 0.852. The molecule has 3 nitrogen and oxygen atoms in total. The van der Waals surface area contributed by atoms with E-state index in [0.29, 0.717) is 4.99 Å². The van der Waals surface area contributed by atoms with Gasteiger partial charge in [0.15, 0.2) is 0 Å². The lowest BCUT2D eigenvalue weighted by Gasteiger charge is -2.23. The first-order valence-corrected chi connectivity index (χ1v) is 7.02. The highest BCUT2D eigenvalue weighted by atomic mass is 79.9. The van der Waals surface area contributed by atoms with Crippen molar-refractivity contribution in [1.82, 2.24) is 4.90 Å². The normalized spacial score (nSPS) is 20.1. The highest BCUT2D eigenvalue weighted by molar-refractivity contribution is 9.10. The summed E-state index contributed by atoms with van der Waals surface area (Å²) in [5.74, 6) is 0.0252. The van der Waals surface area contributed by atoms with Crippen LogP contribution in [0.5, 0.6) is 0 Å². The Labute approximate surface area is 112 Å². The monoisotopic (exact) mass is 318 g/mol. The molecule has 1 saturated heterocycles. The summed E-state index contributed by atoms with van der Waals surface area (Å²) < 4.78 is 0.844. The molecule has 1 unspecified atom stereocenters. The fraction of sp³-hybridized carbons (Fsp3) is 0.400. The molecular formula is C10H11BrN2OS2. The summed E-state index contributed by atoms with van der Waals surface area (Å²) in [6, 6.07) is 1.81. The number of likely N-dealkylation sites (tertiary alicyclic amines) is 1. The third-order valence-corrected chi connectivity index (χ3v) is 4.75. The molecule has 0 aliphatic carbocycles. The number of nitrogens with zero attached hydrogens (tertiary/aromatic N) is 1. The smallest absolute Gasteiger partial charge is 0.265 e. The second-order valence-electron chi connectivity index (χ2n) is 3.66. The first-order valence-electron chi connectivity index (χ1n) is 4.94. The van der Waals surface area contributed by atoms with Crippen LogP contribution in [0.3, 0.4) is 0 Å². The van der Waals surface area contributed by atoms with Crippen molar-refractivity contribution >= 4 is 50.4 Å². The Kier molecular flexibility index (Phi) is 3.61. The maximum absolute atomic E-state index is 12.2. The van der Waals surface area contributed by atoms with Crippen LogP contribution in [0.25, 0.3) is 0 Å². The van der Waals surface area contributed by atoms with Gasteiger partial charge in [-0.2, -0.15) is 0 Å². The van der Waals surface area contributed by atoms with Crippen LogP contribution in [0.15, 0.2) is 15.9 Å². The Morgan fingerprint density at radius 2 is 2.44 bits per heavy atom. The van der Waals surface area contributed by atoms with Gasteiger partial charge in [0, 0.05) is 11.0 Å². The molecule has 0 bridgehead atoms. The zero-order valence-corrected chi connectivity index (χ0v) is 11.7. The van der Waals surface area contributed by atoms with Crippen molar-refractivity contribution in [2.45, 2.75) is 18.9 Å². The lowest BCUT2D eigenvalue weighted by molar-refractivity contribution is 0.0774. The van der Waals surface area contributed by atoms with Crippen LogP contribution < -0.4 is 5.73 Å². The first-order chi connectivity index (χ1) is 7.61. The molecule has 0 aromatic carbocycles. The van der Waals surface area contributed by atoms with Crippen LogP contribution in [0.4, 0.5) is 0 Å². The lowest BCUT2D eigenvalue weighted by Crippen LogP contribution is -2.42. The topological polar surface area (TPSA) is 46.3 Å². The SMILES string of the molecule is NC(=S)C1CCCN1C(=O)c1sccc1Br. The third kappa shape index (κ3) is 2.14. The third-order valence-electron chi connectivity index (χ3n) is 2.65. The minimum Gasteiger partial charge on any atom is -0.392 e. The molecule has 6 heteroatoms. The van der Waals surface area contributed by atoms with Gasteiger partial charge in [-0.3, -0.25) is 4.79 Å². The molecule has 1 atom stereocenters. The predicted octanol–water partition coefficient (Wildman–Crippen LogP) is 2.40. The van der Waals surface area contributed by atoms with E-state index in [-0.39, 0.29) is 11.9 Å². The number of halogens is 1. The summed E-state index contributed by atoms with van der Waals surface area (Å²) in [6.07, 6.45) is 1.85. The number of thiocarbonyl (C=S) groups is 1. The van der Waals surface area contributed by atoms with E-state index in [9.17, 15) is 4.79 Å². The van der Waals surface area contributed by atoms with Gasteiger partial charge in [-0.05, 0) is 40.2 Å². The Balaban J connectivity index is 2.22. The van der Waals surface area contributed by atoms with Crippen LogP contribution in [0, 0.1) is 0 Å². The Hall–Kier alpha value is -0.460. The Morgan fingerprint density at radius 3 is 3.00 bits per heavy atom. The minimum absolute atomic E-state index is 0.0252. The molecule has 1 fully saturated rings. The van der Waals surface area contributed by atoms with Gasteiger partial charge < -0.3 is 10.6 Å². The Bertz CT molecular complexity index is 432. The summed E-state index contributed by atoms with van der Waals surface area (Å²) in [5.41, 5.74) is 5.65. The molecule has 16 heavy (non-hydrogen) atoms. The van der Waals surface area contributed by atoms with Crippen molar-refractivity contribution < 1.29 is 4.79 Å². The molecule has 1 aromatic heterocycles. The van der Waals surface area contributed by atoms with Crippen molar-refractivity contribution in [2.24, 2.45) is 5.73 Å². The lowest BCUT2D eigenvalue weighted by atomic mass is 10.2. The summed E-state index contributed by atoms with van der Waals surface area (Å²) >= 11 is 9.80. The molecular weight excluding hydrogens is 308 g/mol. The van der Waals surface area contributed by atoms with Crippen LogP contribution in [0.1, 0.15) is 22.5 Å². The number of hydrogen-bond acceptors (Lipinski definition) is 3. The first kappa shape index (κ1) is 12.0. The van der Waals surface area contributed by atoms with Gasteiger partial charge in [0.05, 0.1) is 11.0 Å². The number of amides is 1. The van der Waals surface area contributed by atoms with Crippen molar-refractivity contribution in [3.8, 4) is 0 Å². The van der Waals surface area contributed by atoms with Gasteiger partial charge >= 0.3 is 0 Å². The summed E-state index contributed by atoms with van der Waals surface area (Å²) in [6.45, 7) is 0.741. The van der Waals surface area contributed by atoms with Crippen molar-refractivity contribution in [3.63, 3.8) is 0 Å². The molecule has 1 aromatic rings. The average molecular weight is 319 g/mol. The molecule has 2 N–H and O–H groups in total. The van der Waals surface area contributed by atoms with E-state index in [4.69, 9.17) is 18.0 Å². The summed E-state index contributed by atoms with van der Waals surface area (Å²) in [4.78, 5) is 15.2. The average Bonchev–Trinajstić information content (AvgIpc) is 2.84. The largest absolute Gasteiger partial charge is 0.392 e. The second kappa shape index (κ2) is 4.81. The zero-order chi connectivity index (χ0) is 11.7. The molecule has 86 valence electrons. The number of thiophene rings is 1. The summed E-state index contributed by atoms with van der Waals surface area (Å²) in [5, 5.41) is 1.89. The second-order valence-corrected chi connectivity index (χ2v) is 5.90. The van der Waals surface area contributed by atoms with Crippen molar-refractivity contribution in [2.75, 3.05) is 6.54 Å². The highest BCUT2D eigenvalue weighted by Crippen LogP contribution is 2.27. The number of hydrogen-bond donors (Lipinski definition) is 1. The van der Waals surface area contributed by atoms with E-state index < -0.39 is 0 Å². The van der Waals surface area contributed by atoms with Crippen LogP contribution >= 0.6 is 39.5 Å². The zero-order valence-electron chi connectivity index (χ0n) is 8.48. The maximum Gasteiger partial charge on any atom is 0.265 e. The molecule has 0 radical (unpaired) electrons. The predicted molar refractivity (Wildman–Crippen MR) is 72.9 cm³/mol. The molecule has 0 spiro atoms. The minimum atomic E-state index is -0.0727. The van der Waals surface area contributed by atoms with Crippen LogP contribution in [-0.4, -0.2) is 28.4 Å². The molecule has 1 aliphatic heterocycles. The van der Waals surface area contributed by atoms with Gasteiger partial charge in [-0.1, -0.05) is 12.2 Å². The molecule has 1 aliphatic rings. The van der Waals surface area contributed by atoms with E-state index in [1.165, 1.54) is 11.3 Å². The van der Waals surface area contributed by atoms with Crippen molar-refractivity contribution in [3.05, 3.63) is 20.8 Å². The Morgan fingerprint density at radius 1 is 1.69 bits per heavy atom. The van der Waals surface area contributed by atoms with Gasteiger partial charge in [0.1, 0.15) is 4.88 Å². The molecule has 2 heterocycles. The molecule has 2 rings (SSSR count). The summed E-state index contributed by atoms with van der Waals surface area (Å²) in [7, 11) is 0. The maximum atomic E-state index is 12.2. The fourth-order valence-corrected chi connectivity index (χ4v) is 3.62. The van der Waals surface area contributed by atoms with E-state index in [1.807, 2.05) is 11.4 Å². The van der Waals surface area contributed by atoms with E-state index in [0.717, 1.165) is 28.7 Å². The molecule has 1 amide bonds. The van der Waals surface area contributed by atoms with Gasteiger partial charge in [0.2, 0.25) is 0 Å². The standard InChI is InChI=1S/C10H11BrN2OS2/c11-6-3-5-16-8(6)10(14)13-4-1-2-7(13)9(12)15/h3,5,7H,1-2,4H2,(H2,12,15). The van der Waals surface area contributed by atoms with E-state index >= 15 is 0 Å².